The molecule has 1 N–H and O–H groups in total. The second-order valence-electron chi connectivity index (χ2n) is 4.08. The van der Waals surface area contributed by atoms with Gasteiger partial charge in [0.15, 0.2) is 5.82 Å². The van der Waals surface area contributed by atoms with Crippen LogP contribution in [0.25, 0.3) is 0 Å². The number of hydrogen-bond acceptors (Lipinski definition) is 4. The molecule has 16 heavy (non-hydrogen) atoms. The van der Waals surface area contributed by atoms with Crippen molar-refractivity contribution in [3.8, 4) is 0 Å². The Bertz CT molecular complexity index is 372. The first-order valence-electron chi connectivity index (χ1n) is 5.52. The van der Waals surface area contributed by atoms with Gasteiger partial charge in [-0.25, -0.2) is 9.97 Å². The van der Waals surface area contributed by atoms with Crippen molar-refractivity contribution >= 4 is 17.4 Å². The number of halogens is 1. The van der Waals surface area contributed by atoms with E-state index in [1.54, 1.807) is 13.2 Å². The lowest BCUT2D eigenvalue weighted by Crippen LogP contribution is -2.08. The van der Waals surface area contributed by atoms with Gasteiger partial charge in [0.25, 0.3) is 0 Å². The van der Waals surface area contributed by atoms with E-state index in [0.29, 0.717) is 23.6 Å². The van der Waals surface area contributed by atoms with E-state index in [-0.39, 0.29) is 0 Å². The Hall–Kier alpha value is -0.870. The molecule has 1 fully saturated rings. The summed E-state index contributed by atoms with van der Waals surface area (Å²) in [5.74, 6) is 2.19. The van der Waals surface area contributed by atoms with E-state index < -0.39 is 0 Å². The van der Waals surface area contributed by atoms with Crippen LogP contribution in [0.1, 0.15) is 25.6 Å². The van der Waals surface area contributed by atoms with Gasteiger partial charge >= 0.3 is 0 Å². The summed E-state index contributed by atoms with van der Waals surface area (Å²) in [5, 5.41) is 3.82. The van der Waals surface area contributed by atoms with Crippen LogP contribution < -0.4 is 5.32 Å². The first kappa shape index (κ1) is 11.6. The van der Waals surface area contributed by atoms with Gasteiger partial charge in [0.2, 0.25) is 0 Å². The monoisotopic (exact) mass is 241 g/mol. The van der Waals surface area contributed by atoms with Gasteiger partial charge in [0.05, 0.1) is 0 Å². The highest BCUT2D eigenvalue weighted by Gasteiger charge is 2.35. The zero-order valence-corrected chi connectivity index (χ0v) is 10.3. The third-order valence-corrected chi connectivity index (χ3v) is 2.99. The zero-order chi connectivity index (χ0) is 11.5. The molecule has 2 unspecified atom stereocenters. The van der Waals surface area contributed by atoms with E-state index in [1.807, 2.05) is 0 Å². The minimum absolute atomic E-state index is 0.386. The van der Waals surface area contributed by atoms with Crippen molar-refractivity contribution < 1.29 is 4.74 Å². The Kier molecular flexibility index (Phi) is 3.61. The summed E-state index contributed by atoms with van der Waals surface area (Å²) in [5.41, 5.74) is 0. The van der Waals surface area contributed by atoms with Crippen LogP contribution in [0, 0.1) is 5.92 Å². The van der Waals surface area contributed by atoms with E-state index in [9.17, 15) is 0 Å². The van der Waals surface area contributed by atoms with Crippen LogP contribution in [0.2, 0.25) is 5.15 Å². The molecule has 0 aliphatic heterocycles. The fourth-order valence-corrected chi connectivity index (χ4v) is 2.00. The number of anilines is 1. The fourth-order valence-electron chi connectivity index (χ4n) is 1.80. The standard InChI is InChI=1S/C11H16ClN3O/c1-3-7-4-8(7)13-10-5-9(12)14-11(15-10)6-16-2/h5,7-8H,3-4,6H2,1-2H3,(H,13,14,15). The number of methoxy groups -OCH3 is 1. The molecular weight excluding hydrogens is 226 g/mol. The number of hydrogen-bond donors (Lipinski definition) is 1. The van der Waals surface area contributed by atoms with Crippen LogP contribution in [0.4, 0.5) is 5.82 Å². The molecule has 1 aliphatic rings. The van der Waals surface area contributed by atoms with Crippen molar-refractivity contribution in [2.75, 3.05) is 12.4 Å². The Labute approximate surface area is 100 Å². The van der Waals surface area contributed by atoms with E-state index >= 15 is 0 Å². The predicted octanol–water partition coefficient (Wildman–Crippen LogP) is 2.49. The normalized spacial score (nSPS) is 23.2. The average molecular weight is 242 g/mol. The summed E-state index contributed by atoms with van der Waals surface area (Å²) in [6, 6.07) is 2.30. The van der Waals surface area contributed by atoms with Gasteiger partial charge in [0.1, 0.15) is 17.6 Å². The average Bonchev–Trinajstić information content (AvgIpc) is 2.96. The van der Waals surface area contributed by atoms with E-state index in [2.05, 4.69) is 22.2 Å². The predicted molar refractivity (Wildman–Crippen MR) is 63.6 cm³/mol. The second kappa shape index (κ2) is 4.97. The fraction of sp³-hybridized carbons (Fsp3) is 0.636. The molecule has 1 aromatic heterocycles. The Balaban J connectivity index is 2.03. The molecule has 0 amide bonds. The SMILES string of the molecule is CCC1CC1Nc1cc(Cl)nc(COC)n1. The molecule has 88 valence electrons. The summed E-state index contributed by atoms with van der Waals surface area (Å²) in [6.07, 6.45) is 2.43. The van der Waals surface area contributed by atoms with Crippen molar-refractivity contribution in [2.45, 2.75) is 32.4 Å². The van der Waals surface area contributed by atoms with Crippen molar-refractivity contribution in [1.29, 1.82) is 0 Å². The van der Waals surface area contributed by atoms with Gasteiger partial charge in [-0.2, -0.15) is 0 Å². The minimum Gasteiger partial charge on any atom is -0.377 e. The topological polar surface area (TPSA) is 47.0 Å². The largest absolute Gasteiger partial charge is 0.377 e. The lowest BCUT2D eigenvalue weighted by molar-refractivity contribution is 0.178. The van der Waals surface area contributed by atoms with Crippen LogP contribution >= 0.6 is 11.6 Å². The lowest BCUT2D eigenvalue weighted by atomic mass is 10.3. The van der Waals surface area contributed by atoms with Crippen LogP contribution in [-0.4, -0.2) is 23.1 Å². The molecule has 0 spiro atoms. The first-order valence-corrected chi connectivity index (χ1v) is 5.89. The number of nitrogens with one attached hydrogen (secondary N) is 1. The summed E-state index contributed by atoms with van der Waals surface area (Å²) in [6.45, 7) is 2.59. The Morgan fingerprint density at radius 1 is 1.56 bits per heavy atom. The number of rotatable bonds is 5. The highest BCUT2D eigenvalue weighted by Crippen LogP contribution is 2.35. The van der Waals surface area contributed by atoms with Gasteiger partial charge in [-0.15, -0.1) is 0 Å². The van der Waals surface area contributed by atoms with Gasteiger partial charge < -0.3 is 10.1 Å². The molecular formula is C11H16ClN3O. The molecule has 2 atom stereocenters. The highest BCUT2D eigenvalue weighted by molar-refractivity contribution is 6.29. The van der Waals surface area contributed by atoms with Gasteiger partial charge in [-0.1, -0.05) is 24.9 Å². The third kappa shape index (κ3) is 2.83. The van der Waals surface area contributed by atoms with Crippen molar-refractivity contribution in [2.24, 2.45) is 5.92 Å². The summed E-state index contributed by atoms with van der Waals surface area (Å²) >= 11 is 5.91. The second-order valence-corrected chi connectivity index (χ2v) is 4.47. The third-order valence-electron chi connectivity index (χ3n) is 2.79. The number of nitrogens with zero attached hydrogens (tertiary/aromatic N) is 2. The van der Waals surface area contributed by atoms with E-state index in [0.717, 1.165) is 11.7 Å². The molecule has 1 aromatic rings. The van der Waals surface area contributed by atoms with Gasteiger partial charge in [0, 0.05) is 19.2 Å². The van der Waals surface area contributed by atoms with E-state index in [4.69, 9.17) is 16.3 Å². The molecule has 5 heteroatoms. The van der Waals surface area contributed by atoms with Crippen molar-refractivity contribution in [1.82, 2.24) is 9.97 Å². The summed E-state index contributed by atoms with van der Waals surface area (Å²) in [4.78, 5) is 8.42. The van der Waals surface area contributed by atoms with E-state index in [1.165, 1.54) is 12.8 Å². The molecule has 0 aromatic carbocycles. The van der Waals surface area contributed by atoms with Crippen LogP contribution in [-0.2, 0) is 11.3 Å². The molecule has 1 saturated carbocycles. The smallest absolute Gasteiger partial charge is 0.158 e. The van der Waals surface area contributed by atoms with Crippen LogP contribution in [0.5, 0.6) is 0 Å². The molecule has 1 aliphatic carbocycles. The molecule has 2 rings (SSSR count). The maximum absolute atomic E-state index is 5.91. The first-order chi connectivity index (χ1) is 7.72. The van der Waals surface area contributed by atoms with Crippen molar-refractivity contribution in [3.63, 3.8) is 0 Å². The Morgan fingerprint density at radius 3 is 3.00 bits per heavy atom. The number of ether oxygens (including phenoxy) is 1. The molecule has 4 nitrogen and oxygen atoms in total. The minimum atomic E-state index is 0.386. The quantitative estimate of drug-likeness (QED) is 0.805. The van der Waals surface area contributed by atoms with Gasteiger partial charge in [-0.05, 0) is 12.3 Å². The summed E-state index contributed by atoms with van der Waals surface area (Å²) < 4.78 is 4.99. The summed E-state index contributed by atoms with van der Waals surface area (Å²) in [7, 11) is 1.62. The number of aromatic nitrogens is 2. The highest BCUT2D eigenvalue weighted by atomic mass is 35.5. The van der Waals surface area contributed by atoms with Crippen molar-refractivity contribution in [3.05, 3.63) is 17.0 Å². The molecule has 0 radical (unpaired) electrons. The molecule has 0 bridgehead atoms. The van der Waals surface area contributed by atoms with Crippen LogP contribution in [0.3, 0.4) is 0 Å². The molecule has 0 saturated heterocycles. The van der Waals surface area contributed by atoms with Gasteiger partial charge in [-0.3, -0.25) is 0 Å². The maximum atomic E-state index is 5.91. The molecule has 1 heterocycles. The zero-order valence-electron chi connectivity index (χ0n) is 9.53. The van der Waals surface area contributed by atoms with Crippen LogP contribution in [0.15, 0.2) is 6.07 Å². The Morgan fingerprint density at radius 2 is 2.38 bits per heavy atom. The maximum Gasteiger partial charge on any atom is 0.158 e. The lowest BCUT2D eigenvalue weighted by Gasteiger charge is -2.06.